The van der Waals surface area contributed by atoms with Crippen molar-refractivity contribution in [3.8, 4) is 11.5 Å². The summed E-state index contributed by atoms with van der Waals surface area (Å²) in [4.78, 5) is 11.8. The van der Waals surface area contributed by atoms with Crippen molar-refractivity contribution in [2.75, 3.05) is 26.1 Å². The molecule has 1 aromatic carbocycles. The van der Waals surface area contributed by atoms with Gasteiger partial charge in [-0.2, -0.15) is 0 Å². The molecular weight excluding hydrogens is 282 g/mol. The monoisotopic (exact) mass is 301 g/mol. The number of rotatable bonds is 5. The number of hydrogen-bond donors (Lipinski definition) is 1. The summed E-state index contributed by atoms with van der Waals surface area (Å²) in [5.74, 6) is 0.669. The van der Waals surface area contributed by atoms with E-state index in [1.54, 1.807) is 12.1 Å². The maximum absolute atomic E-state index is 11.8. The lowest BCUT2D eigenvalue weighted by molar-refractivity contribution is -0.125. The number of halogens is 1. The highest BCUT2D eigenvalue weighted by atomic mass is 35.5. The molecule has 6 heteroatoms. The zero-order valence-corrected chi connectivity index (χ0v) is 13.1. The highest BCUT2D eigenvalue weighted by molar-refractivity contribution is 6.32. The molecule has 0 bridgehead atoms. The van der Waals surface area contributed by atoms with Crippen LogP contribution in [0.15, 0.2) is 12.1 Å². The Labute approximate surface area is 124 Å². The van der Waals surface area contributed by atoms with Crippen molar-refractivity contribution in [1.82, 2.24) is 0 Å². The van der Waals surface area contributed by atoms with Gasteiger partial charge in [0, 0.05) is 6.07 Å². The van der Waals surface area contributed by atoms with Crippen molar-refractivity contribution in [3.05, 3.63) is 17.2 Å². The molecule has 0 aromatic heterocycles. The Kier molecular flexibility index (Phi) is 5.65. The summed E-state index contributed by atoms with van der Waals surface area (Å²) < 4.78 is 15.7. The van der Waals surface area contributed by atoms with Crippen LogP contribution in [-0.2, 0) is 9.53 Å². The number of anilines is 1. The van der Waals surface area contributed by atoms with E-state index < -0.39 is 0 Å². The van der Waals surface area contributed by atoms with E-state index in [2.05, 4.69) is 5.32 Å². The summed E-state index contributed by atoms with van der Waals surface area (Å²) in [6.45, 7) is 5.59. The Morgan fingerprint density at radius 2 is 1.80 bits per heavy atom. The average Bonchev–Trinajstić information content (AvgIpc) is 2.36. The number of nitrogens with one attached hydrogen (secondary N) is 1. The van der Waals surface area contributed by atoms with Crippen LogP contribution in [-0.4, -0.2) is 32.3 Å². The van der Waals surface area contributed by atoms with E-state index in [9.17, 15) is 4.79 Å². The molecule has 0 aliphatic heterocycles. The molecule has 5 nitrogen and oxygen atoms in total. The van der Waals surface area contributed by atoms with Crippen LogP contribution in [0.2, 0.25) is 5.02 Å². The van der Waals surface area contributed by atoms with Crippen molar-refractivity contribution in [2.45, 2.75) is 26.4 Å². The molecule has 0 aliphatic carbocycles. The van der Waals surface area contributed by atoms with E-state index in [-0.39, 0.29) is 18.1 Å². The van der Waals surface area contributed by atoms with Gasteiger partial charge in [-0.25, -0.2) is 0 Å². The predicted octanol–water partition coefficient (Wildman–Crippen LogP) is 3.11. The molecule has 0 atom stereocenters. The van der Waals surface area contributed by atoms with E-state index in [1.165, 1.54) is 14.2 Å². The topological polar surface area (TPSA) is 56.8 Å². The molecule has 1 amide bonds. The molecule has 1 N–H and O–H groups in total. The average molecular weight is 302 g/mol. The molecule has 0 spiro atoms. The molecule has 1 aromatic rings. The second-order valence-corrected chi connectivity index (χ2v) is 5.54. The zero-order valence-electron chi connectivity index (χ0n) is 12.4. The SMILES string of the molecule is COc1cc(OC)c(NC(=O)COC(C)(C)C)cc1Cl. The maximum Gasteiger partial charge on any atom is 0.250 e. The minimum absolute atomic E-state index is 0.0453. The van der Waals surface area contributed by atoms with Crippen LogP contribution in [0, 0.1) is 0 Å². The van der Waals surface area contributed by atoms with Gasteiger partial charge in [-0.05, 0) is 26.8 Å². The van der Waals surface area contributed by atoms with Crippen LogP contribution < -0.4 is 14.8 Å². The second kappa shape index (κ2) is 6.81. The first-order valence-corrected chi connectivity index (χ1v) is 6.50. The lowest BCUT2D eigenvalue weighted by Gasteiger charge is -2.19. The van der Waals surface area contributed by atoms with Crippen LogP contribution in [0.3, 0.4) is 0 Å². The van der Waals surface area contributed by atoms with Crippen molar-refractivity contribution in [2.24, 2.45) is 0 Å². The summed E-state index contributed by atoms with van der Waals surface area (Å²) in [5, 5.41) is 3.09. The zero-order chi connectivity index (χ0) is 15.3. The first-order chi connectivity index (χ1) is 9.26. The molecule has 1 rings (SSSR count). The summed E-state index contributed by atoms with van der Waals surface area (Å²) in [7, 11) is 3.01. The smallest absolute Gasteiger partial charge is 0.250 e. The number of amides is 1. The molecule has 0 unspecified atom stereocenters. The largest absolute Gasteiger partial charge is 0.495 e. The molecule has 0 aliphatic rings. The van der Waals surface area contributed by atoms with E-state index in [0.29, 0.717) is 22.2 Å². The molecule has 0 heterocycles. The van der Waals surface area contributed by atoms with E-state index >= 15 is 0 Å². The fourth-order valence-corrected chi connectivity index (χ4v) is 1.67. The number of hydrogen-bond acceptors (Lipinski definition) is 4. The van der Waals surface area contributed by atoms with Gasteiger partial charge in [0.2, 0.25) is 5.91 Å². The summed E-state index contributed by atoms with van der Waals surface area (Å²) in [5.41, 5.74) is 0.0970. The second-order valence-electron chi connectivity index (χ2n) is 5.14. The van der Waals surface area contributed by atoms with Gasteiger partial charge in [-0.1, -0.05) is 11.6 Å². The molecule has 0 saturated carbocycles. The summed E-state index contributed by atoms with van der Waals surface area (Å²) >= 11 is 6.03. The Morgan fingerprint density at radius 1 is 1.20 bits per heavy atom. The Balaban J connectivity index is 2.81. The first-order valence-electron chi connectivity index (χ1n) is 6.12. The van der Waals surface area contributed by atoms with Crippen molar-refractivity contribution in [1.29, 1.82) is 0 Å². The third-order valence-electron chi connectivity index (χ3n) is 2.38. The van der Waals surface area contributed by atoms with Crippen molar-refractivity contribution in [3.63, 3.8) is 0 Å². The molecule has 20 heavy (non-hydrogen) atoms. The number of ether oxygens (including phenoxy) is 3. The fraction of sp³-hybridized carbons (Fsp3) is 0.500. The maximum atomic E-state index is 11.8. The first kappa shape index (κ1) is 16.6. The van der Waals surface area contributed by atoms with Gasteiger partial charge in [0.1, 0.15) is 18.1 Å². The van der Waals surface area contributed by atoms with Crippen molar-refractivity contribution >= 4 is 23.2 Å². The van der Waals surface area contributed by atoms with Gasteiger partial charge in [-0.3, -0.25) is 4.79 Å². The molecule has 0 saturated heterocycles. The Hall–Kier alpha value is -1.46. The number of carbonyl (C=O) groups is 1. The lowest BCUT2D eigenvalue weighted by Crippen LogP contribution is -2.27. The van der Waals surface area contributed by atoms with E-state index in [0.717, 1.165) is 0 Å². The van der Waals surface area contributed by atoms with Crippen LogP contribution >= 0.6 is 11.6 Å². The highest BCUT2D eigenvalue weighted by Gasteiger charge is 2.15. The quantitative estimate of drug-likeness (QED) is 0.908. The Morgan fingerprint density at radius 3 is 2.30 bits per heavy atom. The highest BCUT2D eigenvalue weighted by Crippen LogP contribution is 2.35. The number of carbonyl (C=O) groups excluding carboxylic acids is 1. The Bertz CT molecular complexity index is 483. The molecule has 112 valence electrons. The standard InChI is InChI=1S/C14H20ClNO4/c1-14(2,3)20-8-13(17)16-10-6-9(15)11(18-4)7-12(10)19-5/h6-7H,8H2,1-5H3,(H,16,17). The van der Waals surface area contributed by atoms with Gasteiger partial charge in [0.15, 0.2) is 0 Å². The lowest BCUT2D eigenvalue weighted by atomic mass is 10.2. The van der Waals surface area contributed by atoms with Gasteiger partial charge in [-0.15, -0.1) is 0 Å². The number of benzene rings is 1. The van der Waals surface area contributed by atoms with Gasteiger partial charge in [0.05, 0.1) is 30.5 Å². The van der Waals surface area contributed by atoms with Gasteiger partial charge in [0.25, 0.3) is 0 Å². The van der Waals surface area contributed by atoms with E-state index in [4.69, 9.17) is 25.8 Å². The van der Waals surface area contributed by atoms with Gasteiger partial charge < -0.3 is 19.5 Å². The third-order valence-corrected chi connectivity index (χ3v) is 2.68. The minimum atomic E-state index is -0.376. The normalized spacial score (nSPS) is 11.1. The summed E-state index contributed by atoms with van der Waals surface area (Å²) in [6, 6.07) is 3.19. The fourth-order valence-electron chi connectivity index (χ4n) is 1.43. The van der Waals surface area contributed by atoms with Crippen LogP contribution in [0.25, 0.3) is 0 Å². The van der Waals surface area contributed by atoms with Gasteiger partial charge >= 0.3 is 0 Å². The van der Waals surface area contributed by atoms with Crippen LogP contribution in [0.5, 0.6) is 11.5 Å². The number of methoxy groups -OCH3 is 2. The summed E-state index contributed by atoms with van der Waals surface area (Å²) in [6.07, 6.45) is 0. The molecule has 0 fully saturated rings. The van der Waals surface area contributed by atoms with Crippen LogP contribution in [0.1, 0.15) is 20.8 Å². The van der Waals surface area contributed by atoms with Crippen molar-refractivity contribution < 1.29 is 19.0 Å². The molecular formula is C14H20ClNO4. The predicted molar refractivity (Wildman–Crippen MR) is 78.9 cm³/mol. The minimum Gasteiger partial charge on any atom is -0.495 e. The van der Waals surface area contributed by atoms with E-state index in [1.807, 2.05) is 20.8 Å². The molecule has 0 radical (unpaired) electrons. The van der Waals surface area contributed by atoms with Crippen LogP contribution in [0.4, 0.5) is 5.69 Å². The third kappa shape index (κ3) is 4.90.